The van der Waals surface area contributed by atoms with Crippen LogP contribution in [0.15, 0.2) is 6.20 Å². The SMILES string of the molecule is Cc1cnc(I)nc1N(C)CCCO. The molecule has 0 bridgehead atoms. The van der Waals surface area contributed by atoms with Crippen molar-refractivity contribution in [1.29, 1.82) is 0 Å². The van der Waals surface area contributed by atoms with E-state index in [2.05, 4.69) is 32.6 Å². The van der Waals surface area contributed by atoms with Gasteiger partial charge in [-0.05, 0) is 13.3 Å². The molecule has 0 aliphatic heterocycles. The number of aliphatic hydroxyl groups excluding tert-OH is 1. The molecule has 0 atom stereocenters. The number of halogens is 1. The van der Waals surface area contributed by atoms with Crippen LogP contribution in [0.2, 0.25) is 0 Å². The molecule has 0 radical (unpaired) electrons. The van der Waals surface area contributed by atoms with Crippen molar-refractivity contribution in [3.8, 4) is 0 Å². The van der Waals surface area contributed by atoms with Gasteiger partial charge in [0.25, 0.3) is 0 Å². The molecule has 1 aromatic heterocycles. The first kappa shape index (κ1) is 11.6. The molecule has 0 saturated carbocycles. The average molecular weight is 307 g/mol. The highest BCUT2D eigenvalue weighted by Gasteiger charge is 2.06. The van der Waals surface area contributed by atoms with E-state index in [-0.39, 0.29) is 6.61 Å². The maximum atomic E-state index is 8.73. The van der Waals surface area contributed by atoms with Gasteiger partial charge in [-0.15, -0.1) is 0 Å². The van der Waals surface area contributed by atoms with Gasteiger partial charge < -0.3 is 10.0 Å². The van der Waals surface area contributed by atoms with E-state index in [1.807, 2.05) is 25.1 Å². The molecule has 1 heterocycles. The lowest BCUT2D eigenvalue weighted by atomic mass is 10.3. The molecule has 0 saturated heterocycles. The number of hydrogen-bond acceptors (Lipinski definition) is 4. The highest BCUT2D eigenvalue weighted by atomic mass is 127. The molecule has 14 heavy (non-hydrogen) atoms. The second-order valence-electron chi connectivity index (χ2n) is 3.14. The van der Waals surface area contributed by atoms with Gasteiger partial charge in [-0.1, -0.05) is 0 Å². The number of aromatic nitrogens is 2. The first-order valence-electron chi connectivity index (χ1n) is 4.46. The zero-order chi connectivity index (χ0) is 10.6. The normalized spacial score (nSPS) is 10.3. The Morgan fingerprint density at radius 3 is 2.93 bits per heavy atom. The molecule has 78 valence electrons. The summed E-state index contributed by atoms with van der Waals surface area (Å²) in [6.07, 6.45) is 2.58. The first-order valence-corrected chi connectivity index (χ1v) is 5.54. The third-order valence-electron chi connectivity index (χ3n) is 1.93. The van der Waals surface area contributed by atoms with Crippen molar-refractivity contribution in [2.45, 2.75) is 13.3 Å². The van der Waals surface area contributed by atoms with E-state index in [4.69, 9.17) is 5.11 Å². The minimum absolute atomic E-state index is 0.214. The molecular weight excluding hydrogens is 293 g/mol. The minimum Gasteiger partial charge on any atom is -0.396 e. The Balaban J connectivity index is 2.77. The zero-order valence-electron chi connectivity index (χ0n) is 8.37. The Bertz CT molecular complexity index is 306. The van der Waals surface area contributed by atoms with Crippen LogP contribution in [0.4, 0.5) is 5.82 Å². The number of anilines is 1. The zero-order valence-corrected chi connectivity index (χ0v) is 10.5. The molecule has 0 aliphatic rings. The predicted molar refractivity (Wildman–Crippen MR) is 64.5 cm³/mol. The molecule has 1 N–H and O–H groups in total. The third-order valence-corrected chi connectivity index (χ3v) is 2.45. The van der Waals surface area contributed by atoms with E-state index < -0.39 is 0 Å². The summed E-state index contributed by atoms with van der Waals surface area (Å²) in [4.78, 5) is 10.5. The molecule has 5 heteroatoms. The predicted octanol–water partition coefficient (Wildman–Crippen LogP) is 1.21. The Hall–Kier alpha value is -0.430. The quantitative estimate of drug-likeness (QED) is 0.671. The number of rotatable bonds is 4. The Morgan fingerprint density at radius 2 is 2.29 bits per heavy atom. The van der Waals surface area contributed by atoms with Crippen LogP contribution in [0.1, 0.15) is 12.0 Å². The van der Waals surface area contributed by atoms with Crippen molar-refractivity contribution in [2.24, 2.45) is 0 Å². The van der Waals surface area contributed by atoms with Gasteiger partial charge in [0.2, 0.25) is 0 Å². The Kier molecular flexibility index (Phi) is 4.53. The van der Waals surface area contributed by atoms with Crippen LogP contribution in [0.5, 0.6) is 0 Å². The summed E-state index contributed by atoms with van der Waals surface area (Å²) in [5.41, 5.74) is 1.06. The van der Waals surface area contributed by atoms with Crippen LogP contribution in [0.3, 0.4) is 0 Å². The molecule has 0 amide bonds. The molecule has 0 fully saturated rings. The number of hydrogen-bond donors (Lipinski definition) is 1. The van der Waals surface area contributed by atoms with Gasteiger partial charge in [0.15, 0.2) is 3.83 Å². The van der Waals surface area contributed by atoms with E-state index in [9.17, 15) is 0 Å². The van der Waals surface area contributed by atoms with E-state index in [1.165, 1.54) is 0 Å². The first-order chi connectivity index (χ1) is 6.65. The van der Waals surface area contributed by atoms with Crippen molar-refractivity contribution in [3.63, 3.8) is 0 Å². The number of nitrogens with zero attached hydrogens (tertiary/aromatic N) is 3. The number of aliphatic hydroxyl groups is 1. The van der Waals surface area contributed by atoms with Gasteiger partial charge in [0, 0.05) is 54.6 Å². The standard InChI is InChI=1S/C9H14IN3O/c1-7-6-11-9(10)12-8(7)13(2)4-3-5-14/h6,14H,3-5H2,1-2H3. The molecule has 0 unspecified atom stereocenters. The van der Waals surface area contributed by atoms with Gasteiger partial charge in [-0.2, -0.15) is 0 Å². The second-order valence-corrected chi connectivity index (χ2v) is 4.11. The maximum Gasteiger partial charge on any atom is 0.192 e. The summed E-state index contributed by atoms with van der Waals surface area (Å²) in [6.45, 7) is 3.01. The van der Waals surface area contributed by atoms with E-state index in [0.29, 0.717) is 0 Å². The summed E-state index contributed by atoms with van der Waals surface area (Å²) in [5.74, 6) is 0.942. The Labute approximate surface area is 97.5 Å². The third kappa shape index (κ3) is 3.06. The molecule has 0 spiro atoms. The van der Waals surface area contributed by atoms with Crippen molar-refractivity contribution < 1.29 is 5.11 Å². The van der Waals surface area contributed by atoms with Gasteiger partial charge in [-0.3, -0.25) is 0 Å². The van der Waals surface area contributed by atoms with Gasteiger partial charge >= 0.3 is 0 Å². The molecule has 0 aliphatic carbocycles. The van der Waals surface area contributed by atoms with E-state index in [0.717, 1.165) is 28.2 Å². The fraction of sp³-hybridized carbons (Fsp3) is 0.556. The molecule has 0 aromatic carbocycles. The van der Waals surface area contributed by atoms with Gasteiger partial charge in [0.05, 0.1) is 0 Å². The lowest BCUT2D eigenvalue weighted by Crippen LogP contribution is -2.22. The lowest BCUT2D eigenvalue weighted by Gasteiger charge is -2.19. The summed E-state index contributed by atoms with van der Waals surface area (Å²) in [5, 5.41) is 8.73. The summed E-state index contributed by atoms with van der Waals surface area (Å²) in [6, 6.07) is 0. The van der Waals surface area contributed by atoms with E-state index in [1.54, 1.807) is 0 Å². The minimum atomic E-state index is 0.214. The van der Waals surface area contributed by atoms with Crippen LogP contribution < -0.4 is 4.90 Å². The van der Waals surface area contributed by atoms with Crippen LogP contribution in [0, 0.1) is 10.8 Å². The molecule has 1 aromatic rings. The fourth-order valence-electron chi connectivity index (χ4n) is 1.21. The molecule has 1 rings (SSSR count). The van der Waals surface area contributed by atoms with Gasteiger partial charge in [0.1, 0.15) is 5.82 Å². The van der Waals surface area contributed by atoms with Gasteiger partial charge in [-0.25, -0.2) is 9.97 Å². The topological polar surface area (TPSA) is 49.2 Å². The fourth-order valence-corrected chi connectivity index (χ4v) is 1.58. The maximum absolute atomic E-state index is 8.73. The summed E-state index contributed by atoms with van der Waals surface area (Å²) >= 11 is 2.09. The van der Waals surface area contributed by atoms with Crippen LogP contribution in [0.25, 0.3) is 0 Å². The van der Waals surface area contributed by atoms with Crippen LogP contribution in [-0.4, -0.2) is 35.3 Å². The van der Waals surface area contributed by atoms with Crippen molar-refractivity contribution in [3.05, 3.63) is 15.6 Å². The van der Waals surface area contributed by atoms with Crippen molar-refractivity contribution >= 4 is 28.4 Å². The summed E-state index contributed by atoms with van der Waals surface area (Å²) < 4.78 is 0.749. The van der Waals surface area contributed by atoms with Crippen molar-refractivity contribution in [1.82, 2.24) is 9.97 Å². The average Bonchev–Trinajstić information content (AvgIpc) is 2.18. The molecular formula is C9H14IN3O. The largest absolute Gasteiger partial charge is 0.396 e. The van der Waals surface area contributed by atoms with Crippen molar-refractivity contribution in [2.75, 3.05) is 25.1 Å². The lowest BCUT2D eigenvalue weighted by molar-refractivity contribution is 0.290. The highest BCUT2D eigenvalue weighted by Crippen LogP contribution is 2.15. The van der Waals surface area contributed by atoms with E-state index >= 15 is 0 Å². The highest BCUT2D eigenvalue weighted by molar-refractivity contribution is 14.1. The Morgan fingerprint density at radius 1 is 1.57 bits per heavy atom. The summed E-state index contributed by atoms with van der Waals surface area (Å²) in [7, 11) is 1.97. The second kappa shape index (κ2) is 5.45. The van der Waals surface area contributed by atoms with Crippen LogP contribution in [-0.2, 0) is 0 Å². The monoisotopic (exact) mass is 307 g/mol. The smallest absolute Gasteiger partial charge is 0.192 e. The number of aryl methyl sites for hydroxylation is 1. The molecule has 4 nitrogen and oxygen atoms in total. The van der Waals surface area contributed by atoms with Crippen LogP contribution >= 0.6 is 22.6 Å².